The minimum atomic E-state index is 0.199. The molecule has 4 nitrogen and oxygen atoms in total. The molecule has 0 bridgehead atoms. The summed E-state index contributed by atoms with van der Waals surface area (Å²) in [6, 6.07) is 2.52. The van der Waals surface area contributed by atoms with Crippen LogP contribution in [0.3, 0.4) is 0 Å². The van der Waals surface area contributed by atoms with Crippen molar-refractivity contribution in [1.29, 1.82) is 0 Å². The molecule has 0 atom stereocenters. The molecule has 2 rings (SSSR count). The van der Waals surface area contributed by atoms with Crippen LogP contribution in [0.2, 0.25) is 0 Å². The predicted octanol–water partition coefficient (Wildman–Crippen LogP) is 2.84. The zero-order valence-electron chi connectivity index (χ0n) is 12.1. The maximum absolute atomic E-state index is 9.14. The van der Waals surface area contributed by atoms with Gasteiger partial charge in [0, 0.05) is 12.3 Å². The Morgan fingerprint density at radius 3 is 2.53 bits per heavy atom. The van der Waals surface area contributed by atoms with Gasteiger partial charge in [0.25, 0.3) is 0 Å². The summed E-state index contributed by atoms with van der Waals surface area (Å²) in [5.74, 6) is 0.832. The molecule has 19 heavy (non-hydrogen) atoms. The summed E-state index contributed by atoms with van der Waals surface area (Å²) in [6.45, 7) is 6.52. The van der Waals surface area contributed by atoms with E-state index >= 15 is 0 Å². The van der Waals surface area contributed by atoms with E-state index in [1.165, 1.54) is 0 Å². The molecule has 1 aliphatic rings. The van der Waals surface area contributed by atoms with E-state index in [-0.39, 0.29) is 6.10 Å². The van der Waals surface area contributed by atoms with E-state index in [1.54, 1.807) is 0 Å². The molecule has 0 radical (unpaired) electrons. The van der Waals surface area contributed by atoms with E-state index in [2.05, 4.69) is 23.8 Å². The number of rotatable bonds is 4. The number of nitrogens with zero attached hydrogens (tertiary/aromatic N) is 2. The maximum Gasteiger partial charge on any atom is 0.317 e. The predicted molar refractivity (Wildman–Crippen MR) is 74.3 cm³/mol. The van der Waals surface area contributed by atoms with Crippen LogP contribution >= 0.6 is 0 Å². The molecule has 0 unspecified atom stereocenters. The molecule has 106 valence electrons. The normalized spacial score (nSPS) is 23.6. The molecule has 0 amide bonds. The van der Waals surface area contributed by atoms with Crippen molar-refractivity contribution in [2.24, 2.45) is 5.92 Å². The lowest BCUT2D eigenvalue weighted by Crippen LogP contribution is -2.26. The fourth-order valence-electron chi connectivity index (χ4n) is 2.49. The standard InChI is InChI=1S/C15H24N2O2/c1-10(2)14-8-11(3)16-15(17-14)19-13-6-4-12(9-18)5-7-13/h8,10,12-13,18H,4-7,9H2,1-3H3. The van der Waals surface area contributed by atoms with Crippen LogP contribution in [0.1, 0.15) is 56.8 Å². The second kappa shape index (κ2) is 6.33. The van der Waals surface area contributed by atoms with Gasteiger partial charge in [-0.25, -0.2) is 4.98 Å². The first-order valence-electron chi connectivity index (χ1n) is 7.21. The average Bonchev–Trinajstić information content (AvgIpc) is 2.39. The number of ether oxygens (including phenoxy) is 1. The number of hydrogen-bond acceptors (Lipinski definition) is 4. The summed E-state index contributed by atoms with van der Waals surface area (Å²) in [5, 5.41) is 9.14. The van der Waals surface area contributed by atoms with Crippen molar-refractivity contribution in [2.75, 3.05) is 6.61 Å². The van der Waals surface area contributed by atoms with Gasteiger partial charge in [-0.2, -0.15) is 4.98 Å². The number of aromatic nitrogens is 2. The average molecular weight is 264 g/mol. The maximum atomic E-state index is 9.14. The molecule has 1 N–H and O–H groups in total. The quantitative estimate of drug-likeness (QED) is 0.908. The van der Waals surface area contributed by atoms with E-state index in [0.717, 1.165) is 37.1 Å². The first-order chi connectivity index (χ1) is 9.08. The Kier molecular flexibility index (Phi) is 4.75. The largest absolute Gasteiger partial charge is 0.460 e. The third kappa shape index (κ3) is 3.90. The molecule has 0 spiro atoms. The van der Waals surface area contributed by atoms with Crippen molar-refractivity contribution >= 4 is 0 Å². The molecule has 0 aromatic carbocycles. The zero-order chi connectivity index (χ0) is 13.8. The number of hydrogen-bond donors (Lipinski definition) is 1. The van der Waals surface area contributed by atoms with Gasteiger partial charge in [0.05, 0.1) is 5.69 Å². The molecule has 0 aliphatic heterocycles. The Morgan fingerprint density at radius 2 is 1.95 bits per heavy atom. The molecule has 1 heterocycles. The Hall–Kier alpha value is -1.16. The van der Waals surface area contributed by atoms with Crippen LogP contribution < -0.4 is 4.74 Å². The molecule has 1 fully saturated rings. The molecule has 4 heteroatoms. The highest BCUT2D eigenvalue weighted by Crippen LogP contribution is 2.26. The smallest absolute Gasteiger partial charge is 0.317 e. The van der Waals surface area contributed by atoms with Crippen molar-refractivity contribution in [1.82, 2.24) is 9.97 Å². The fraction of sp³-hybridized carbons (Fsp3) is 0.733. The summed E-state index contributed by atoms with van der Waals surface area (Å²) in [6.07, 6.45) is 4.23. The first-order valence-corrected chi connectivity index (χ1v) is 7.21. The van der Waals surface area contributed by atoms with E-state index in [0.29, 0.717) is 24.5 Å². The van der Waals surface area contributed by atoms with Crippen molar-refractivity contribution in [2.45, 2.75) is 58.5 Å². The van der Waals surface area contributed by atoms with Crippen LogP contribution in [0.4, 0.5) is 0 Å². The third-order valence-corrected chi connectivity index (χ3v) is 3.77. The van der Waals surface area contributed by atoms with Gasteiger partial charge >= 0.3 is 6.01 Å². The summed E-state index contributed by atoms with van der Waals surface area (Å²) in [7, 11) is 0. The number of aryl methyl sites for hydroxylation is 1. The van der Waals surface area contributed by atoms with E-state index in [9.17, 15) is 0 Å². The van der Waals surface area contributed by atoms with Gasteiger partial charge in [0.15, 0.2) is 0 Å². The van der Waals surface area contributed by atoms with Gasteiger partial charge in [-0.1, -0.05) is 13.8 Å². The van der Waals surface area contributed by atoms with Crippen molar-refractivity contribution in [3.05, 3.63) is 17.5 Å². The molecular formula is C15H24N2O2. The van der Waals surface area contributed by atoms with Crippen LogP contribution in [0.15, 0.2) is 6.07 Å². The molecule has 1 aliphatic carbocycles. The van der Waals surface area contributed by atoms with Crippen LogP contribution in [-0.2, 0) is 0 Å². The molecule has 1 aromatic rings. The van der Waals surface area contributed by atoms with Gasteiger partial charge in [-0.15, -0.1) is 0 Å². The Balaban J connectivity index is 1.99. The highest BCUT2D eigenvalue weighted by atomic mass is 16.5. The monoisotopic (exact) mass is 264 g/mol. The van der Waals surface area contributed by atoms with E-state index in [4.69, 9.17) is 9.84 Å². The SMILES string of the molecule is Cc1cc(C(C)C)nc(OC2CCC(CO)CC2)n1. The van der Waals surface area contributed by atoms with Crippen LogP contribution in [0, 0.1) is 12.8 Å². The first kappa shape index (κ1) is 14.3. The number of aliphatic hydroxyl groups is 1. The molecule has 1 aromatic heterocycles. The van der Waals surface area contributed by atoms with E-state index in [1.807, 2.05) is 13.0 Å². The van der Waals surface area contributed by atoms with Gasteiger partial charge in [0.1, 0.15) is 6.10 Å². The van der Waals surface area contributed by atoms with Gasteiger partial charge in [-0.3, -0.25) is 0 Å². The van der Waals surface area contributed by atoms with E-state index < -0.39 is 0 Å². The Labute approximate surface area is 115 Å². The van der Waals surface area contributed by atoms with Crippen molar-refractivity contribution in [3.63, 3.8) is 0 Å². The van der Waals surface area contributed by atoms with Gasteiger partial charge in [-0.05, 0) is 50.5 Å². The van der Waals surface area contributed by atoms with Crippen LogP contribution in [0.5, 0.6) is 6.01 Å². The van der Waals surface area contributed by atoms with Crippen molar-refractivity contribution in [3.8, 4) is 6.01 Å². The molecular weight excluding hydrogens is 240 g/mol. The minimum Gasteiger partial charge on any atom is -0.460 e. The Morgan fingerprint density at radius 1 is 1.26 bits per heavy atom. The lowest BCUT2D eigenvalue weighted by Gasteiger charge is -2.27. The minimum absolute atomic E-state index is 0.199. The lowest BCUT2D eigenvalue weighted by atomic mass is 9.88. The molecule has 0 saturated heterocycles. The summed E-state index contributed by atoms with van der Waals surface area (Å²) in [4.78, 5) is 8.85. The highest BCUT2D eigenvalue weighted by molar-refractivity contribution is 5.15. The lowest BCUT2D eigenvalue weighted by molar-refractivity contribution is 0.0962. The number of aliphatic hydroxyl groups excluding tert-OH is 1. The van der Waals surface area contributed by atoms with Gasteiger partial charge < -0.3 is 9.84 Å². The second-order valence-corrected chi connectivity index (χ2v) is 5.81. The van der Waals surface area contributed by atoms with Crippen LogP contribution in [-0.4, -0.2) is 27.8 Å². The van der Waals surface area contributed by atoms with Gasteiger partial charge in [0.2, 0.25) is 0 Å². The fourth-order valence-corrected chi connectivity index (χ4v) is 2.49. The summed E-state index contributed by atoms with van der Waals surface area (Å²) >= 11 is 0. The third-order valence-electron chi connectivity index (χ3n) is 3.77. The second-order valence-electron chi connectivity index (χ2n) is 5.81. The highest BCUT2D eigenvalue weighted by Gasteiger charge is 2.22. The zero-order valence-corrected chi connectivity index (χ0v) is 12.1. The molecule has 1 saturated carbocycles. The topological polar surface area (TPSA) is 55.2 Å². The summed E-state index contributed by atoms with van der Waals surface area (Å²) in [5.41, 5.74) is 1.99. The summed E-state index contributed by atoms with van der Waals surface area (Å²) < 4.78 is 5.92. The Bertz CT molecular complexity index is 413. The van der Waals surface area contributed by atoms with Crippen molar-refractivity contribution < 1.29 is 9.84 Å². The van der Waals surface area contributed by atoms with Crippen LogP contribution in [0.25, 0.3) is 0 Å².